The zero-order chi connectivity index (χ0) is 18.8. The Kier molecular flexibility index (Phi) is 7.49. The second-order valence-corrected chi connectivity index (χ2v) is 5.46. The number of aldehydes is 1. The molecule has 0 unspecified atom stereocenters. The lowest BCUT2D eigenvalue weighted by molar-refractivity contribution is -0.123. The van der Waals surface area contributed by atoms with Gasteiger partial charge in [-0.15, -0.1) is 0 Å². The summed E-state index contributed by atoms with van der Waals surface area (Å²) in [6.45, 7) is 2.61. The molecule has 2 aromatic rings. The molecule has 1 N–H and O–H groups in total. The van der Waals surface area contributed by atoms with Gasteiger partial charge in [-0.3, -0.25) is 9.59 Å². The molecule has 0 aliphatic carbocycles. The summed E-state index contributed by atoms with van der Waals surface area (Å²) >= 11 is 0. The van der Waals surface area contributed by atoms with Crippen LogP contribution in [0.4, 0.5) is 0 Å². The number of carbonyl (C=O) groups excluding carboxylic acids is 2. The van der Waals surface area contributed by atoms with Crippen molar-refractivity contribution in [3.05, 3.63) is 53.6 Å². The molecule has 2 aromatic carbocycles. The summed E-state index contributed by atoms with van der Waals surface area (Å²) in [7, 11) is 1.62. The maximum atomic E-state index is 12.0. The van der Waals surface area contributed by atoms with Gasteiger partial charge in [0.1, 0.15) is 12.0 Å². The van der Waals surface area contributed by atoms with Crippen LogP contribution in [0, 0.1) is 0 Å². The Hall–Kier alpha value is -3.02. The molecule has 2 rings (SSSR count). The second kappa shape index (κ2) is 10.1. The molecule has 0 saturated carbocycles. The van der Waals surface area contributed by atoms with Crippen molar-refractivity contribution >= 4 is 12.2 Å². The molecule has 1 amide bonds. The normalized spacial score (nSPS) is 10.1. The number of para-hydroxylation sites is 1. The van der Waals surface area contributed by atoms with Crippen molar-refractivity contribution in [1.29, 1.82) is 0 Å². The molecule has 6 nitrogen and oxygen atoms in total. The molecule has 0 aliphatic rings. The van der Waals surface area contributed by atoms with Gasteiger partial charge in [0.05, 0.1) is 13.7 Å². The van der Waals surface area contributed by atoms with E-state index in [0.29, 0.717) is 36.6 Å². The van der Waals surface area contributed by atoms with Crippen LogP contribution < -0.4 is 19.5 Å². The highest BCUT2D eigenvalue weighted by Crippen LogP contribution is 2.28. The SMILES string of the molecule is CCOc1cc(C=O)ccc1OCC(=O)NCCc1ccccc1OC. The maximum Gasteiger partial charge on any atom is 0.257 e. The molecule has 0 heterocycles. The van der Waals surface area contributed by atoms with E-state index in [4.69, 9.17) is 14.2 Å². The molecule has 0 bridgehead atoms. The molecular formula is C20H23NO5. The first-order valence-electron chi connectivity index (χ1n) is 8.41. The van der Waals surface area contributed by atoms with E-state index in [9.17, 15) is 9.59 Å². The van der Waals surface area contributed by atoms with Crippen molar-refractivity contribution < 1.29 is 23.8 Å². The van der Waals surface area contributed by atoms with Gasteiger partial charge >= 0.3 is 0 Å². The number of methoxy groups -OCH3 is 1. The summed E-state index contributed by atoms with van der Waals surface area (Å²) in [5.74, 6) is 1.44. The van der Waals surface area contributed by atoms with Crippen LogP contribution in [-0.4, -0.2) is 39.1 Å². The largest absolute Gasteiger partial charge is 0.496 e. The van der Waals surface area contributed by atoms with E-state index in [1.54, 1.807) is 25.3 Å². The number of hydrogen-bond donors (Lipinski definition) is 1. The highest BCUT2D eigenvalue weighted by Gasteiger charge is 2.09. The van der Waals surface area contributed by atoms with E-state index < -0.39 is 0 Å². The van der Waals surface area contributed by atoms with Crippen LogP contribution in [-0.2, 0) is 11.2 Å². The Morgan fingerprint density at radius 3 is 2.62 bits per heavy atom. The first-order chi connectivity index (χ1) is 12.7. The maximum absolute atomic E-state index is 12.0. The van der Waals surface area contributed by atoms with Crippen LogP contribution in [0.15, 0.2) is 42.5 Å². The lowest BCUT2D eigenvalue weighted by Crippen LogP contribution is -2.30. The molecule has 0 spiro atoms. The second-order valence-electron chi connectivity index (χ2n) is 5.46. The average molecular weight is 357 g/mol. The Labute approximate surface area is 153 Å². The monoisotopic (exact) mass is 357 g/mol. The molecule has 0 aromatic heterocycles. The molecule has 0 atom stereocenters. The molecule has 0 fully saturated rings. The number of amides is 1. The van der Waals surface area contributed by atoms with Crippen LogP contribution in [0.5, 0.6) is 17.2 Å². The summed E-state index contributed by atoms with van der Waals surface area (Å²) in [6.07, 6.45) is 1.39. The summed E-state index contributed by atoms with van der Waals surface area (Å²) in [5, 5.41) is 2.81. The molecule has 6 heteroatoms. The minimum atomic E-state index is -0.234. The van der Waals surface area contributed by atoms with Crippen molar-refractivity contribution in [3.8, 4) is 17.2 Å². The topological polar surface area (TPSA) is 73.9 Å². The van der Waals surface area contributed by atoms with E-state index >= 15 is 0 Å². The quantitative estimate of drug-likeness (QED) is 0.662. The molecular weight excluding hydrogens is 334 g/mol. The lowest BCUT2D eigenvalue weighted by atomic mass is 10.1. The van der Waals surface area contributed by atoms with Gasteiger partial charge in [0.15, 0.2) is 18.1 Å². The standard InChI is InChI=1S/C20H23NO5/c1-3-25-19-12-15(13-22)8-9-18(19)26-14-20(23)21-11-10-16-6-4-5-7-17(16)24-2/h4-9,12-13H,3,10-11,14H2,1-2H3,(H,21,23). The van der Waals surface area contributed by atoms with Crippen molar-refractivity contribution in [1.82, 2.24) is 5.32 Å². The Morgan fingerprint density at radius 2 is 1.88 bits per heavy atom. The lowest BCUT2D eigenvalue weighted by Gasteiger charge is -2.13. The van der Waals surface area contributed by atoms with Crippen molar-refractivity contribution in [2.45, 2.75) is 13.3 Å². The third-order valence-electron chi connectivity index (χ3n) is 3.67. The summed E-state index contributed by atoms with van der Waals surface area (Å²) in [6, 6.07) is 12.5. The molecule has 0 saturated heterocycles. The van der Waals surface area contributed by atoms with Gasteiger partial charge in [-0.2, -0.15) is 0 Å². The summed E-state index contributed by atoms with van der Waals surface area (Å²) in [4.78, 5) is 22.8. The number of benzene rings is 2. The van der Waals surface area contributed by atoms with Crippen LogP contribution in [0.2, 0.25) is 0 Å². The number of ether oxygens (including phenoxy) is 3. The van der Waals surface area contributed by atoms with Crippen molar-refractivity contribution in [3.63, 3.8) is 0 Å². The van der Waals surface area contributed by atoms with Crippen LogP contribution in [0.3, 0.4) is 0 Å². The first-order valence-corrected chi connectivity index (χ1v) is 8.41. The van der Waals surface area contributed by atoms with E-state index in [2.05, 4.69) is 5.32 Å². The Morgan fingerprint density at radius 1 is 1.08 bits per heavy atom. The van der Waals surface area contributed by atoms with Gasteiger partial charge in [-0.1, -0.05) is 18.2 Å². The van der Waals surface area contributed by atoms with Crippen LogP contribution >= 0.6 is 0 Å². The zero-order valence-electron chi connectivity index (χ0n) is 15.0. The third kappa shape index (κ3) is 5.51. The highest BCUT2D eigenvalue weighted by molar-refractivity contribution is 5.78. The van der Waals surface area contributed by atoms with Crippen LogP contribution in [0.25, 0.3) is 0 Å². The van der Waals surface area contributed by atoms with Gasteiger partial charge in [0.2, 0.25) is 0 Å². The fraction of sp³-hybridized carbons (Fsp3) is 0.300. The predicted molar refractivity (Wildman–Crippen MR) is 98.2 cm³/mol. The summed E-state index contributed by atoms with van der Waals surface area (Å²) in [5.41, 5.74) is 1.52. The predicted octanol–water partition coefficient (Wildman–Crippen LogP) is 2.64. The molecule has 0 radical (unpaired) electrons. The minimum absolute atomic E-state index is 0.133. The fourth-order valence-corrected chi connectivity index (χ4v) is 2.43. The van der Waals surface area contributed by atoms with Gasteiger partial charge in [0.25, 0.3) is 5.91 Å². The average Bonchev–Trinajstić information content (AvgIpc) is 2.67. The van der Waals surface area contributed by atoms with Gasteiger partial charge in [-0.25, -0.2) is 0 Å². The van der Waals surface area contributed by atoms with Crippen molar-refractivity contribution in [2.75, 3.05) is 26.9 Å². The van der Waals surface area contributed by atoms with E-state index in [0.717, 1.165) is 17.6 Å². The van der Waals surface area contributed by atoms with Crippen LogP contribution in [0.1, 0.15) is 22.8 Å². The van der Waals surface area contributed by atoms with Gasteiger partial charge in [-0.05, 0) is 43.2 Å². The third-order valence-corrected chi connectivity index (χ3v) is 3.67. The summed E-state index contributed by atoms with van der Waals surface area (Å²) < 4.78 is 16.3. The molecule has 26 heavy (non-hydrogen) atoms. The van der Waals surface area contributed by atoms with Gasteiger partial charge < -0.3 is 19.5 Å². The minimum Gasteiger partial charge on any atom is -0.496 e. The number of carbonyl (C=O) groups is 2. The van der Waals surface area contributed by atoms with Crippen molar-refractivity contribution in [2.24, 2.45) is 0 Å². The number of hydrogen-bond acceptors (Lipinski definition) is 5. The Bertz CT molecular complexity index is 745. The van der Waals surface area contributed by atoms with E-state index in [-0.39, 0.29) is 12.5 Å². The van der Waals surface area contributed by atoms with Gasteiger partial charge in [0, 0.05) is 12.1 Å². The zero-order valence-corrected chi connectivity index (χ0v) is 15.0. The molecule has 0 aliphatic heterocycles. The van der Waals surface area contributed by atoms with E-state index in [1.807, 2.05) is 31.2 Å². The molecule has 138 valence electrons. The smallest absolute Gasteiger partial charge is 0.257 e. The number of nitrogens with one attached hydrogen (secondary N) is 1. The fourth-order valence-electron chi connectivity index (χ4n) is 2.43. The van der Waals surface area contributed by atoms with E-state index in [1.165, 1.54) is 0 Å². The first kappa shape index (κ1) is 19.3. The Balaban J connectivity index is 1.84. The number of rotatable bonds is 10. The highest BCUT2D eigenvalue weighted by atomic mass is 16.5.